The molecule has 0 aromatic heterocycles. The van der Waals surface area contributed by atoms with Crippen molar-refractivity contribution >= 4 is 11.7 Å². The summed E-state index contributed by atoms with van der Waals surface area (Å²) in [5.41, 5.74) is -0.350. The van der Waals surface area contributed by atoms with Crippen LogP contribution >= 0.6 is 0 Å². The highest BCUT2D eigenvalue weighted by Crippen LogP contribution is 2.32. The van der Waals surface area contributed by atoms with Gasteiger partial charge in [0.1, 0.15) is 0 Å². The molecule has 1 N–H and O–H groups in total. The quantitative estimate of drug-likeness (QED) is 0.895. The number of anilines is 1. The number of halogens is 3. The largest absolute Gasteiger partial charge is 0.481 e. The van der Waals surface area contributed by atoms with Gasteiger partial charge in [-0.05, 0) is 32.0 Å². The number of carboxylic acid groups (broad SMARTS) is 1. The third kappa shape index (κ3) is 4.46. The van der Waals surface area contributed by atoms with Crippen molar-refractivity contribution in [2.75, 3.05) is 11.4 Å². The zero-order valence-electron chi connectivity index (χ0n) is 10.7. The van der Waals surface area contributed by atoms with Crippen LogP contribution in [0.4, 0.5) is 18.9 Å². The van der Waals surface area contributed by atoms with Gasteiger partial charge < -0.3 is 10.0 Å². The van der Waals surface area contributed by atoms with Gasteiger partial charge in [-0.25, -0.2) is 0 Å². The van der Waals surface area contributed by atoms with E-state index in [1.807, 2.05) is 13.8 Å². The molecule has 19 heavy (non-hydrogen) atoms. The van der Waals surface area contributed by atoms with E-state index in [9.17, 15) is 18.0 Å². The highest BCUT2D eigenvalue weighted by atomic mass is 19.4. The van der Waals surface area contributed by atoms with Gasteiger partial charge in [-0.3, -0.25) is 4.79 Å². The van der Waals surface area contributed by atoms with Gasteiger partial charge >= 0.3 is 12.1 Å². The van der Waals surface area contributed by atoms with E-state index >= 15 is 0 Å². The summed E-state index contributed by atoms with van der Waals surface area (Å²) in [5, 5.41) is 8.67. The number of hydrogen-bond donors (Lipinski definition) is 1. The molecule has 0 unspecified atom stereocenters. The molecule has 0 fully saturated rings. The summed E-state index contributed by atoms with van der Waals surface area (Å²) in [6.45, 7) is 3.79. The van der Waals surface area contributed by atoms with Crippen molar-refractivity contribution in [3.05, 3.63) is 29.8 Å². The Kier molecular flexibility index (Phi) is 4.80. The first kappa shape index (κ1) is 15.3. The highest BCUT2D eigenvalue weighted by molar-refractivity contribution is 5.67. The molecule has 1 aromatic rings. The van der Waals surface area contributed by atoms with Crippen LogP contribution in [-0.2, 0) is 11.0 Å². The Bertz CT molecular complexity index is 444. The predicted octanol–water partition coefficient (Wildman–Crippen LogP) is 3.39. The van der Waals surface area contributed by atoms with E-state index in [4.69, 9.17) is 5.11 Å². The second-order valence-corrected chi connectivity index (χ2v) is 4.48. The maximum atomic E-state index is 12.6. The number of carboxylic acids is 1. The Morgan fingerprint density at radius 1 is 1.37 bits per heavy atom. The van der Waals surface area contributed by atoms with E-state index < -0.39 is 17.7 Å². The van der Waals surface area contributed by atoms with Gasteiger partial charge in [0.05, 0.1) is 12.0 Å². The van der Waals surface area contributed by atoms with Crippen molar-refractivity contribution in [3.8, 4) is 0 Å². The van der Waals surface area contributed by atoms with Gasteiger partial charge in [-0.2, -0.15) is 13.2 Å². The molecule has 0 atom stereocenters. The van der Waals surface area contributed by atoms with Crippen molar-refractivity contribution in [2.45, 2.75) is 32.5 Å². The summed E-state index contributed by atoms with van der Waals surface area (Å²) in [5.74, 6) is -0.974. The van der Waals surface area contributed by atoms with Crippen LogP contribution in [0.1, 0.15) is 25.8 Å². The van der Waals surface area contributed by atoms with Gasteiger partial charge in [-0.15, -0.1) is 0 Å². The molecule has 1 rings (SSSR count). The molecular weight excluding hydrogens is 259 g/mol. The second-order valence-electron chi connectivity index (χ2n) is 4.48. The predicted molar refractivity (Wildman–Crippen MR) is 66.2 cm³/mol. The van der Waals surface area contributed by atoms with Gasteiger partial charge in [-0.1, -0.05) is 6.07 Å². The van der Waals surface area contributed by atoms with E-state index in [0.29, 0.717) is 5.69 Å². The van der Waals surface area contributed by atoms with Crippen LogP contribution in [0, 0.1) is 0 Å². The Morgan fingerprint density at radius 2 is 2.00 bits per heavy atom. The molecule has 0 bridgehead atoms. The zero-order chi connectivity index (χ0) is 14.6. The number of alkyl halides is 3. The van der Waals surface area contributed by atoms with Crippen LogP contribution in [-0.4, -0.2) is 23.7 Å². The molecule has 0 aliphatic rings. The molecule has 106 valence electrons. The summed E-state index contributed by atoms with van der Waals surface area (Å²) in [4.78, 5) is 12.2. The van der Waals surface area contributed by atoms with Crippen LogP contribution in [0.3, 0.4) is 0 Å². The van der Waals surface area contributed by atoms with Crippen molar-refractivity contribution in [1.29, 1.82) is 0 Å². The van der Waals surface area contributed by atoms with Crippen molar-refractivity contribution in [3.63, 3.8) is 0 Å². The maximum Gasteiger partial charge on any atom is 0.416 e. The maximum absolute atomic E-state index is 12.6. The lowest BCUT2D eigenvalue weighted by molar-refractivity contribution is -0.138. The van der Waals surface area contributed by atoms with Gasteiger partial charge in [0.25, 0.3) is 0 Å². The summed E-state index contributed by atoms with van der Waals surface area (Å²) < 4.78 is 37.9. The van der Waals surface area contributed by atoms with Gasteiger partial charge in [0.15, 0.2) is 0 Å². The van der Waals surface area contributed by atoms with E-state index in [1.54, 1.807) is 11.0 Å². The first-order valence-electron chi connectivity index (χ1n) is 5.87. The molecule has 0 saturated heterocycles. The normalized spacial score (nSPS) is 11.7. The molecular formula is C13H16F3NO2. The second kappa shape index (κ2) is 5.95. The van der Waals surface area contributed by atoms with Crippen LogP contribution < -0.4 is 4.90 Å². The third-order valence-electron chi connectivity index (χ3n) is 2.70. The molecule has 0 radical (unpaired) electrons. The van der Waals surface area contributed by atoms with Crippen LogP contribution in [0.5, 0.6) is 0 Å². The van der Waals surface area contributed by atoms with Gasteiger partial charge in [0.2, 0.25) is 0 Å². The molecule has 6 heteroatoms. The fourth-order valence-electron chi connectivity index (χ4n) is 1.76. The number of hydrogen-bond acceptors (Lipinski definition) is 2. The molecule has 0 saturated carbocycles. The van der Waals surface area contributed by atoms with Crippen LogP contribution in [0.2, 0.25) is 0 Å². The fourth-order valence-corrected chi connectivity index (χ4v) is 1.76. The van der Waals surface area contributed by atoms with Crippen LogP contribution in [0.15, 0.2) is 24.3 Å². The van der Waals surface area contributed by atoms with E-state index in [1.165, 1.54) is 6.07 Å². The smallest absolute Gasteiger partial charge is 0.416 e. The molecule has 0 spiro atoms. The average molecular weight is 275 g/mol. The lowest BCUT2D eigenvalue weighted by atomic mass is 10.1. The average Bonchev–Trinajstić information content (AvgIpc) is 2.27. The summed E-state index contributed by atoms with van der Waals surface area (Å²) in [6, 6.07) is 4.84. The summed E-state index contributed by atoms with van der Waals surface area (Å²) in [7, 11) is 0. The number of rotatable bonds is 5. The standard InChI is InChI=1S/C13H16F3NO2/c1-9(2)17(7-6-12(18)19)11-5-3-4-10(8-11)13(14,15)16/h3-5,8-9H,6-7H2,1-2H3,(H,18,19). The number of benzene rings is 1. The number of nitrogens with zero attached hydrogens (tertiary/aromatic N) is 1. The first-order chi connectivity index (χ1) is 8.71. The minimum Gasteiger partial charge on any atom is -0.481 e. The van der Waals surface area contributed by atoms with E-state index in [2.05, 4.69) is 0 Å². The molecule has 3 nitrogen and oxygen atoms in total. The lowest BCUT2D eigenvalue weighted by Crippen LogP contribution is -2.33. The SMILES string of the molecule is CC(C)N(CCC(=O)O)c1cccc(C(F)(F)F)c1. The fraction of sp³-hybridized carbons (Fsp3) is 0.462. The zero-order valence-corrected chi connectivity index (χ0v) is 10.7. The Labute approximate surface area is 109 Å². The Balaban J connectivity index is 2.99. The van der Waals surface area contributed by atoms with Crippen molar-refractivity contribution < 1.29 is 23.1 Å². The number of carbonyl (C=O) groups is 1. The van der Waals surface area contributed by atoms with Crippen molar-refractivity contribution in [1.82, 2.24) is 0 Å². The molecule has 1 aromatic carbocycles. The minimum atomic E-state index is -4.40. The third-order valence-corrected chi connectivity index (χ3v) is 2.70. The van der Waals surface area contributed by atoms with Crippen molar-refractivity contribution in [2.24, 2.45) is 0 Å². The van der Waals surface area contributed by atoms with Crippen LogP contribution in [0.25, 0.3) is 0 Å². The molecule has 0 heterocycles. The number of aliphatic carboxylic acids is 1. The van der Waals surface area contributed by atoms with Gasteiger partial charge in [0, 0.05) is 18.3 Å². The molecule has 0 aliphatic carbocycles. The topological polar surface area (TPSA) is 40.5 Å². The van der Waals surface area contributed by atoms with E-state index in [0.717, 1.165) is 12.1 Å². The highest BCUT2D eigenvalue weighted by Gasteiger charge is 2.31. The Morgan fingerprint density at radius 3 is 2.47 bits per heavy atom. The monoisotopic (exact) mass is 275 g/mol. The lowest BCUT2D eigenvalue weighted by Gasteiger charge is -2.29. The summed E-state index contributed by atoms with van der Waals surface area (Å²) >= 11 is 0. The molecule has 0 amide bonds. The van der Waals surface area contributed by atoms with E-state index in [-0.39, 0.29) is 19.0 Å². The minimum absolute atomic E-state index is 0.0807. The summed E-state index contributed by atoms with van der Waals surface area (Å²) in [6.07, 6.45) is -4.51. The first-order valence-corrected chi connectivity index (χ1v) is 5.87. The Hall–Kier alpha value is -1.72. The molecule has 0 aliphatic heterocycles.